The topological polar surface area (TPSA) is 66.4 Å². The van der Waals surface area contributed by atoms with Gasteiger partial charge in [0.1, 0.15) is 0 Å². The van der Waals surface area contributed by atoms with Crippen molar-refractivity contribution in [2.24, 2.45) is 0 Å². The monoisotopic (exact) mass is 296 g/mol. The Bertz CT molecular complexity index is 561. The Morgan fingerprint density at radius 2 is 1.85 bits per heavy atom. The molecule has 0 radical (unpaired) electrons. The standard InChI is InChI=1S/C13H20N4O2S/c1-2-20(18,19)17-9-7-16(8-10-17)13-6-5-12(14-15-13)11-3-4-11/h5-6,11H,2-4,7-10H2,1H3. The van der Waals surface area contributed by atoms with Gasteiger partial charge in [-0.25, -0.2) is 8.42 Å². The first-order valence-electron chi connectivity index (χ1n) is 7.16. The number of sulfonamides is 1. The van der Waals surface area contributed by atoms with Crippen molar-refractivity contribution in [3.63, 3.8) is 0 Å². The van der Waals surface area contributed by atoms with E-state index in [-0.39, 0.29) is 5.75 Å². The van der Waals surface area contributed by atoms with Crippen LogP contribution in [0.2, 0.25) is 0 Å². The maximum absolute atomic E-state index is 11.8. The van der Waals surface area contributed by atoms with Crippen molar-refractivity contribution >= 4 is 15.8 Å². The predicted octanol–water partition coefficient (Wildman–Crippen LogP) is 0.826. The van der Waals surface area contributed by atoms with Gasteiger partial charge in [-0.15, -0.1) is 5.10 Å². The molecule has 0 bridgehead atoms. The van der Waals surface area contributed by atoms with E-state index < -0.39 is 10.0 Å². The molecule has 2 fully saturated rings. The molecule has 1 saturated heterocycles. The number of anilines is 1. The molecule has 1 saturated carbocycles. The van der Waals surface area contributed by atoms with Crippen molar-refractivity contribution < 1.29 is 8.42 Å². The van der Waals surface area contributed by atoms with Crippen molar-refractivity contribution in [1.29, 1.82) is 0 Å². The fourth-order valence-corrected chi connectivity index (χ4v) is 3.56. The molecule has 0 aromatic carbocycles. The second kappa shape index (κ2) is 5.29. The average molecular weight is 296 g/mol. The van der Waals surface area contributed by atoms with Crippen LogP contribution in [-0.2, 0) is 10.0 Å². The lowest BCUT2D eigenvalue weighted by Gasteiger charge is -2.34. The second-order valence-corrected chi connectivity index (χ2v) is 7.63. The van der Waals surface area contributed by atoms with Crippen molar-refractivity contribution in [2.75, 3.05) is 36.8 Å². The van der Waals surface area contributed by atoms with Crippen LogP contribution in [0.25, 0.3) is 0 Å². The van der Waals surface area contributed by atoms with E-state index >= 15 is 0 Å². The molecule has 20 heavy (non-hydrogen) atoms. The maximum atomic E-state index is 11.8. The smallest absolute Gasteiger partial charge is 0.213 e. The zero-order chi connectivity index (χ0) is 14.2. The van der Waals surface area contributed by atoms with Crippen molar-refractivity contribution in [3.05, 3.63) is 17.8 Å². The van der Waals surface area contributed by atoms with Gasteiger partial charge in [-0.3, -0.25) is 0 Å². The van der Waals surface area contributed by atoms with Gasteiger partial charge in [0.2, 0.25) is 10.0 Å². The molecule has 0 amide bonds. The van der Waals surface area contributed by atoms with Gasteiger partial charge in [0.05, 0.1) is 11.4 Å². The molecule has 0 spiro atoms. The van der Waals surface area contributed by atoms with Crippen LogP contribution in [0.1, 0.15) is 31.4 Å². The minimum absolute atomic E-state index is 0.170. The normalized spacial score (nSPS) is 21.1. The number of rotatable bonds is 4. The highest BCUT2D eigenvalue weighted by atomic mass is 32.2. The fraction of sp³-hybridized carbons (Fsp3) is 0.692. The number of piperazine rings is 1. The SMILES string of the molecule is CCS(=O)(=O)N1CCN(c2ccc(C3CC3)nn2)CC1. The van der Waals surface area contributed by atoms with E-state index in [0.29, 0.717) is 32.1 Å². The summed E-state index contributed by atoms with van der Waals surface area (Å²) in [6.07, 6.45) is 2.45. The van der Waals surface area contributed by atoms with Gasteiger partial charge < -0.3 is 4.90 Å². The molecule has 0 atom stereocenters. The average Bonchev–Trinajstić information content (AvgIpc) is 3.32. The molecule has 1 aliphatic heterocycles. The highest BCUT2D eigenvalue weighted by molar-refractivity contribution is 7.89. The van der Waals surface area contributed by atoms with Crippen LogP contribution in [0.3, 0.4) is 0 Å². The molecule has 2 aliphatic rings. The number of hydrogen-bond donors (Lipinski definition) is 0. The lowest BCUT2D eigenvalue weighted by atomic mass is 10.2. The summed E-state index contributed by atoms with van der Waals surface area (Å²) in [7, 11) is -3.07. The van der Waals surface area contributed by atoms with Gasteiger partial charge in [-0.05, 0) is 31.9 Å². The first-order chi connectivity index (χ1) is 9.60. The molecule has 1 aromatic heterocycles. The first-order valence-corrected chi connectivity index (χ1v) is 8.77. The van der Waals surface area contributed by atoms with Gasteiger partial charge in [0.15, 0.2) is 5.82 Å². The Hall–Kier alpha value is -1.21. The van der Waals surface area contributed by atoms with Crippen LogP contribution in [-0.4, -0.2) is 54.9 Å². The first kappa shape index (κ1) is 13.8. The van der Waals surface area contributed by atoms with Gasteiger partial charge in [-0.1, -0.05) is 0 Å². The van der Waals surface area contributed by atoms with Gasteiger partial charge in [0, 0.05) is 32.1 Å². The highest BCUT2D eigenvalue weighted by Gasteiger charge is 2.27. The fourth-order valence-electron chi connectivity index (χ4n) is 2.48. The van der Waals surface area contributed by atoms with Gasteiger partial charge >= 0.3 is 0 Å². The quantitative estimate of drug-likeness (QED) is 0.823. The Balaban J connectivity index is 1.62. The Morgan fingerprint density at radius 3 is 2.35 bits per heavy atom. The van der Waals surface area contributed by atoms with Crippen LogP contribution in [0.5, 0.6) is 0 Å². The number of nitrogens with zero attached hydrogens (tertiary/aromatic N) is 4. The Labute approximate surface area is 119 Å². The molecule has 0 unspecified atom stereocenters. The molecule has 6 nitrogen and oxygen atoms in total. The van der Waals surface area contributed by atoms with Crippen molar-refractivity contribution in [1.82, 2.24) is 14.5 Å². The van der Waals surface area contributed by atoms with E-state index in [1.165, 1.54) is 12.8 Å². The van der Waals surface area contributed by atoms with Gasteiger partial charge in [0.25, 0.3) is 0 Å². The molecular formula is C13H20N4O2S. The Kier molecular flexibility index (Phi) is 3.64. The van der Waals surface area contributed by atoms with E-state index in [9.17, 15) is 8.42 Å². The largest absolute Gasteiger partial charge is 0.352 e. The number of aromatic nitrogens is 2. The van der Waals surface area contributed by atoms with Crippen LogP contribution in [0, 0.1) is 0 Å². The molecule has 1 aliphatic carbocycles. The predicted molar refractivity (Wildman–Crippen MR) is 77.3 cm³/mol. The molecular weight excluding hydrogens is 276 g/mol. The van der Waals surface area contributed by atoms with E-state index in [2.05, 4.69) is 21.2 Å². The second-order valence-electron chi connectivity index (χ2n) is 5.38. The maximum Gasteiger partial charge on any atom is 0.213 e. The third-order valence-corrected chi connectivity index (χ3v) is 5.87. The Morgan fingerprint density at radius 1 is 1.15 bits per heavy atom. The molecule has 3 rings (SSSR count). The van der Waals surface area contributed by atoms with Crippen LogP contribution in [0.4, 0.5) is 5.82 Å². The minimum atomic E-state index is -3.07. The van der Waals surface area contributed by atoms with E-state index in [1.807, 2.05) is 6.07 Å². The third kappa shape index (κ3) is 2.78. The summed E-state index contributed by atoms with van der Waals surface area (Å²) in [5.74, 6) is 1.63. The molecule has 1 aromatic rings. The van der Waals surface area contributed by atoms with Crippen LogP contribution in [0.15, 0.2) is 12.1 Å². The molecule has 110 valence electrons. The molecule has 0 N–H and O–H groups in total. The lowest BCUT2D eigenvalue weighted by molar-refractivity contribution is 0.384. The molecule has 7 heteroatoms. The summed E-state index contributed by atoms with van der Waals surface area (Å²) in [5, 5.41) is 8.56. The number of hydrogen-bond acceptors (Lipinski definition) is 5. The summed E-state index contributed by atoms with van der Waals surface area (Å²) in [6, 6.07) is 4.06. The minimum Gasteiger partial charge on any atom is -0.352 e. The third-order valence-electron chi connectivity index (χ3n) is 3.99. The van der Waals surface area contributed by atoms with Gasteiger partial charge in [-0.2, -0.15) is 9.40 Å². The van der Waals surface area contributed by atoms with Crippen molar-refractivity contribution in [3.8, 4) is 0 Å². The summed E-state index contributed by atoms with van der Waals surface area (Å²) in [6.45, 7) is 4.10. The van der Waals surface area contributed by atoms with Crippen LogP contribution >= 0.6 is 0 Å². The van der Waals surface area contributed by atoms with Crippen molar-refractivity contribution in [2.45, 2.75) is 25.7 Å². The van der Waals surface area contributed by atoms with Crippen LogP contribution < -0.4 is 4.90 Å². The molecule has 2 heterocycles. The summed E-state index contributed by atoms with van der Waals surface area (Å²) >= 11 is 0. The zero-order valence-corrected chi connectivity index (χ0v) is 12.5. The van der Waals surface area contributed by atoms with E-state index in [4.69, 9.17) is 0 Å². The lowest BCUT2D eigenvalue weighted by Crippen LogP contribution is -2.49. The highest BCUT2D eigenvalue weighted by Crippen LogP contribution is 2.38. The summed E-state index contributed by atoms with van der Waals surface area (Å²) in [5.41, 5.74) is 1.08. The zero-order valence-electron chi connectivity index (χ0n) is 11.7. The summed E-state index contributed by atoms with van der Waals surface area (Å²) < 4.78 is 25.2. The van der Waals surface area contributed by atoms with E-state index in [0.717, 1.165) is 11.5 Å². The summed E-state index contributed by atoms with van der Waals surface area (Å²) in [4.78, 5) is 2.10. The van der Waals surface area contributed by atoms with E-state index in [1.54, 1.807) is 11.2 Å².